The third-order valence-corrected chi connectivity index (χ3v) is 3.08. The van der Waals surface area contributed by atoms with Crippen LogP contribution in [0.2, 0.25) is 0 Å². The SMILES string of the molecule is Cc1cc(N(C)CCC#N)c2cc([N+](=O)[O-])ccc2n1. The Morgan fingerprint density at radius 1 is 1.45 bits per heavy atom. The number of nitrogens with zero attached hydrogens (tertiary/aromatic N) is 4. The average molecular weight is 270 g/mol. The van der Waals surface area contributed by atoms with Gasteiger partial charge in [0.1, 0.15) is 0 Å². The molecule has 0 saturated carbocycles. The van der Waals surface area contributed by atoms with E-state index in [2.05, 4.69) is 11.1 Å². The minimum absolute atomic E-state index is 0.0399. The molecular formula is C14H14N4O2. The summed E-state index contributed by atoms with van der Waals surface area (Å²) in [6.45, 7) is 2.44. The van der Waals surface area contributed by atoms with Crippen LogP contribution in [0.3, 0.4) is 0 Å². The summed E-state index contributed by atoms with van der Waals surface area (Å²) in [4.78, 5) is 16.8. The standard InChI is InChI=1S/C14H14N4O2/c1-10-8-14(17(2)7-3-6-15)12-9-11(18(19)20)4-5-13(12)16-10/h4-5,8-9H,3,7H2,1-2H3. The molecule has 1 aromatic carbocycles. The smallest absolute Gasteiger partial charge is 0.270 e. The van der Waals surface area contributed by atoms with E-state index in [0.29, 0.717) is 13.0 Å². The molecule has 20 heavy (non-hydrogen) atoms. The van der Waals surface area contributed by atoms with Gasteiger partial charge in [-0.3, -0.25) is 15.1 Å². The second-order valence-corrected chi connectivity index (χ2v) is 4.57. The van der Waals surface area contributed by atoms with E-state index >= 15 is 0 Å². The molecule has 0 aliphatic heterocycles. The van der Waals surface area contributed by atoms with Crippen molar-refractivity contribution in [2.75, 3.05) is 18.5 Å². The van der Waals surface area contributed by atoms with Crippen molar-refractivity contribution >= 4 is 22.3 Å². The summed E-state index contributed by atoms with van der Waals surface area (Å²) in [7, 11) is 1.87. The maximum absolute atomic E-state index is 10.9. The third-order valence-electron chi connectivity index (χ3n) is 3.08. The molecule has 6 heteroatoms. The molecule has 0 unspecified atom stereocenters. The Kier molecular flexibility index (Phi) is 3.80. The van der Waals surface area contributed by atoms with Crippen LogP contribution in [-0.2, 0) is 0 Å². The zero-order valence-corrected chi connectivity index (χ0v) is 11.3. The molecule has 0 N–H and O–H groups in total. The number of nitro benzene ring substituents is 1. The Bertz CT molecular complexity index is 706. The third kappa shape index (κ3) is 2.67. The number of anilines is 1. The largest absolute Gasteiger partial charge is 0.373 e. The Morgan fingerprint density at radius 2 is 2.20 bits per heavy atom. The molecule has 1 heterocycles. The highest BCUT2D eigenvalue weighted by Crippen LogP contribution is 2.29. The Hall–Kier alpha value is -2.68. The molecule has 2 rings (SSSR count). The van der Waals surface area contributed by atoms with Crippen LogP contribution in [0.4, 0.5) is 11.4 Å². The number of hydrogen-bond donors (Lipinski definition) is 0. The van der Waals surface area contributed by atoms with Crippen molar-refractivity contribution in [2.45, 2.75) is 13.3 Å². The van der Waals surface area contributed by atoms with Crippen LogP contribution in [0.25, 0.3) is 10.9 Å². The molecule has 6 nitrogen and oxygen atoms in total. The van der Waals surface area contributed by atoms with Gasteiger partial charge in [0, 0.05) is 42.5 Å². The van der Waals surface area contributed by atoms with Gasteiger partial charge in [-0.1, -0.05) is 0 Å². The normalized spacial score (nSPS) is 10.2. The zero-order valence-electron chi connectivity index (χ0n) is 11.3. The number of aromatic nitrogens is 1. The fourth-order valence-electron chi connectivity index (χ4n) is 2.09. The summed E-state index contributed by atoms with van der Waals surface area (Å²) < 4.78 is 0. The highest BCUT2D eigenvalue weighted by molar-refractivity contribution is 5.93. The molecule has 0 fully saturated rings. The van der Waals surface area contributed by atoms with E-state index in [4.69, 9.17) is 5.26 Å². The van der Waals surface area contributed by atoms with Gasteiger partial charge in [0.15, 0.2) is 0 Å². The van der Waals surface area contributed by atoms with Crippen LogP contribution in [0.5, 0.6) is 0 Å². The number of nitriles is 1. The van der Waals surface area contributed by atoms with Gasteiger partial charge in [-0.05, 0) is 19.1 Å². The lowest BCUT2D eigenvalue weighted by molar-refractivity contribution is -0.384. The van der Waals surface area contributed by atoms with Gasteiger partial charge in [-0.2, -0.15) is 5.26 Å². The zero-order chi connectivity index (χ0) is 14.7. The highest BCUT2D eigenvalue weighted by atomic mass is 16.6. The van der Waals surface area contributed by atoms with Gasteiger partial charge in [-0.15, -0.1) is 0 Å². The first kappa shape index (κ1) is 13.7. The lowest BCUT2D eigenvalue weighted by atomic mass is 10.1. The quantitative estimate of drug-likeness (QED) is 0.630. The number of hydrogen-bond acceptors (Lipinski definition) is 5. The van der Waals surface area contributed by atoms with Crippen LogP contribution in [0, 0.1) is 28.4 Å². The number of aryl methyl sites for hydroxylation is 1. The van der Waals surface area contributed by atoms with Crippen molar-refractivity contribution in [1.82, 2.24) is 4.98 Å². The number of non-ortho nitro benzene ring substituents is 1. The molecule has 0 bridgehead atoms. The number of benzene rings is 1. The monoisotopic (exact) mass is 270 g/mol. The van der Waals surface area contributed by atoms with Gasteiger partial charge >= 0.3 is 0 Å². The van der Waals surface area contributed by atoms with E-state index in [0.717, 1.165) is 22.3 Å². The van der Waals surface area contributed by atoms with Gasteiger partial charge in [0.05, 0.1) is 22.9 Å². The Balaban J connectivity index is 2.58. The molecule has 102 valence electrons. The van der Waals surface area contributed by atoms with Crippen LogP contribution in [0.1, 0.15) is 12.1 Å². The molecule has 0 aliphatic carbocycles. The van der Waals surface area contributed by atoms with Crippen LogP contribution < -0.4 is 4.90 Å². The second-order valence-electron chi connectivity index (χ2n) is 4.57. The number of nitro groups is 1. The van der Waals surface area contributed by atoms with Crippen LogP contribution in [-0.4, -0.2) is 23.5 Å². The van der Waals surface area contributed by atoms with Crippen LogP contribution >= 0.6 is 0 Å². The van der Waals surface area contributed by atoms with Crippen molar-refractivity contribution in [3.63, 3.8) is 0 Å². The predicted molar refractivity (Wildman–Crippen MR) is 76.6 cm³/mol. The highest BCUT2D eigenvalue weighted by Gasteiger charge is 2.13. The van der Waals surface area contributed by atoms with Gasteiger partial charge in [0.2, 0.25) is 0 Å². The first-order chi connectivity index (χ1) is 9.52. The fourth-order valence-corrected chi connectivity index (χ4v) is 2.09. The number of pyridine rings is 1. The molecule has 0 radical (unpaired) electrons. The van der Waals surface area contributed by atoms with E-state index in [1.807, 2.05) is 24.9 Å². The number of rotatable bonds is 4. The lowest BCUT2D eigenvalue weighted by Crippen LogP contribution is -2.18. The van der Waals surface area contributed by atoms with Crippen LogP contribution in [0.15, 0.2) is 24.3 Å². The van der Waals surface area contributed by atoms with E-state index in [1.54, 1.807) is 6.07 Å². The van der Waals surface area contributed by atoms with Gasteiger partial charge < -0.3 is 4.90 Å². The molecule has 1 aromatic heterocycles. The summed E-state index contributed by atoms with van der Waals surface area (Å²) in [5.74, 6) is 0. The maximum atomic E-state index is 10.9. The first-order valence-electron chi connectivity index (χ1n) is 6.17. The van der Waals surface area contributed by atoms with Crippen molar-refractivity contribution in [3.8, 4) is 6.07 Å². The van der Waals surface area contributed by atoms with Gasteiger partial charge in [0.25, 0.3) is 5.69 Å². The molecular weight excluding hydrogens is 256 g/mol. The lowest BCUT2D eigenvalue weighted by Gasteiger charge is -2.20. The van der Waals surface area contributed by atoms with Gasteiger partial charge in [-0.25, -0.2) is 0 Å². The number of fused-ring (bicyclic) bond motifs is 1. The van der Waals surface area contributed by atoms with Crippen molar-refractivity contribution in [3.05, 3.63) is 40.1 Å². The summed E-state index contributed by atoms with van der Waals surface area (Å²) in [6.07, 6.45) is 0.397. The average Bonchev–Trinajstić information content (AvgIpc) is 2.43. The molecule has 0 saturated heterocycles. The van der Waals surface area contributed by atoms with E-state index in [1.165, 1.54) is 12.1 Å². The maximum Gasteiger partial charge on any atom is 0.270 e. The first-order valence-corrected chi connectivity index (χ1v) is 6.17. The van der Waals surface area contributed by atoms with E-state index in [-0.39, 0.29) is 5.69 Å². The molecule has 0 amide bonds. The minimum Gasteiger partial charge on any atom is -0.373 e. The molecule has 0 atom stereocenters. The van der Waals surface area contributed by atoms with E-state index in [9.17, 15) is 10.1 Å². The summed E-state index contributed by atoms with van der Waals surface area (Å²) in [5, 5.41) is 20.3. The summed E-state index contributed by atoms with van der Waals surface area (Å²) >= 11 is 0. The van der Waals surface area contributed by atoms with Crippen molar-refractivity contribution in [2.24, 2.45) is 0 Å². The van der Waals surface area contributed by atoms with Crippen molar-refractivity contribution < 1.29 is 4.92 Å². The second kappa shape index (κ2) is 5.53. The van der Waals surface area contributed by atoms with Crippen molar-refractivity contribution in [1.29, 1.82) is 5.26 Å². The minimum atomic E-state index is -0.418. The Labute approximate surface area is 116 Å². The summed E-state index contributed by atoms with van der Waals surface area (Å²) in [5.41, 5.74) is 2.45. The topological polar surface area (TPSA) is 83.1 Å². The Morgan fingerprint density at radius 3 is 2.85 bits per heavy atom. The molecule has 0 spiro atoms. The fraction of sp³-hybridized carbons (Fsp3) is 0.286. The van der Waals surface area contributed by atoms with E-state index < -0.39 is 4.92 Å². The molecule has 0 aliphatic rings. The molecule has 2 aromatic rings. The predicted octanol–water partition coefficient (Wildman–Crippen LogP) is 2.80. The summed E-state index contributed by atoms with van der Waals surface area (Å²) in [6, 6.07) is 8.61.